The second-order valence-electron chi connectivity index (χ2n) is 3.72. The van der Waals surface area contributed by atoms with E-state index in [1.807, 2.05) is 0 Å². The van der Waals surface area contributed by atoms with Crippen LogP contribution in [0.5, 0.6) is 0 Å². The first-order valence-corrected chi connectivity index (χ1v) is 5.37. The van der Waals surface area contributed by atoms with Gasteiger partial charge in [0.15, 0.2) is 0 Å². The van der Waals surface area contributed by atoms with Crippen molar-refractivity contribution in [3.8, 4) is 11.4 Å². The Kier molecular flexibility index (Phi) is 3.63. The number of nitrogens with zero attached hydrogens (tertiary/aromatic N) is 3. The highest BCUT2D eigenvalue weighted by molar-refractivity contribution is 5.89. The van der Waals surface area contributed by atoms with Crippen LogP contribution in [-0.4, -0.2) is 38.8 Å². The molecule has 18 heavy (non-hydrogen) atoms. The molecule has 2 rings (SSSR count). The highest BCUT2D eigenvalue weighted by Gasteiger charge is 2.15. The van der Waals surface area contributed by atoms with Crippen molar-refractivity contribution in [3.63, 3.8) is 0 Å². The maximum atomic E-state index is 11.6. The highest BCUT2D eigenvalue weighted by atomic mass is 16.5. The van der Waals surface area contributed by atoms with E-state index in [1.54, 1.807) is 31.5 Å². The Morgan fingerprint density at radius 3 is 2.89 bits per heavy atom. The molecule has 0 radical (unpaired) electrons. The summed E-state index contributed by atoms with van der Waals surface area (Å²) in [7, 11) is 0. The first-order chi connectivity index (χ1) is 8.66. The van der Waals surface area contributed by atoms with Crippen molar-refractivity contribution in [1.29, 1.82) is 0 Å². The number of rotatable bonds is 4. The average Bonchev–Trinajstić information content (AvgIpc) is 2.86. The molecule has 7 heteroatoms. The fourth-order valence-corrected chi connectivity index (χ4v) is 1.25. The minimum absolute atomic E-state index is 0.131. The zero-order valence-electron chi connectivity index (χ0n) is 9.70. The first kappa shape index (κ1) is 12.2. The van der Waals surface area contributed by atoms with E-state index < -0.39 is 12.0 Å². The van der Waals surface area contributed by atoms with E-state index in [1.165, 1.54) is 0 Å². The summed E-state index contributed by atoms with van der Waals surface area (Å²) in [6, 6.07) is 3.42. The fraction of sp³-hybridized carbons (Fsp3) is 0.273. The predicted octanol–water partition coefficient (Wildman–Crippen LogP) is 0.242. The second kappa shape index (κ2) is 5.37. The maximum Gasteiger partial charge on any atom is 0.316 e. The van der Waals surface area contributed by atoms with E-state index in [9.17, 15) is 4.79 Å². The normalized spacial score (nSPS) is 12.1. The molecular formula is C11H12N4O3. The summed E-state index contributed by atoms with van der Waals surface area (Å²) in [5.74, 6) is -0.328. The Bertz CT molecular complexity index is 524. The first-order valence-electron chi connectivity index (χ1n) is 5.37. The van der Waals surface area contributed by atoms with Gasteiger partial charge in [-0.3, -0.25) is 9.78 Å². The third-order valence-electron chi connectivity index (χ3n) is 2.12. The standard InChI is InChI=1S/C11H12N4O3/c1-7(16)6-13-10(17)11-14-9(15-18-11)8-2-4-12-5-3-8/h2-5,7,16H,6H2,1H3,(H,13,17)/t7-/m1/s1. The molecule has 0 saturated heterocycles. The minimum atomic E-state index is -0.628. The summed E-state index contributed by atoms with van der Waals surface area (Å²) in [6.07, 6.45) is 2.56. The summed E-state index contributed by atoms with van der Waals surface area (Å²) in [4.78, 5) is 19.4. The van der Waals surface area contributed by atoms with Gasteiger partial charge in [-0.1, -0.05) is 5.16 Å². The van der Waals surface area contributed by atoms with Gasteiger partial charge in [0.05, 0.1) is 6.10 Å². The molecule has 1 atom stereocenters. The number of aromatic nitrogens is 3. The Hall–Kier alpha value is -2.28. The SMILES string of the molecule is C[C@@H](O)CNC(=O)c1nc(-c2ccncc2)no1. The summed E-state index contributed by atoms with van der Waals surface area (Å²) in [5.41, 5.74) is 0.711. The summed E-state index contributed by atoms with van der Waals surface area (Å²) in [5, 5.41) is 15.2. The van der Waals surface area contributed by atoms with E-state index in [0.29, 0.717) is 11.4 Å². The number of hydrogen-bond acceptors (Lipinski definition) is 6. The van der Waals surface area contributed by atoms with Crippen LogP contribution in [0, 0.1) is 0 Å². The molecule has 1 amide bonds. The van der Waals surface area contributed by atoms with Crippen molar-refractivity contribution in [2.75, 3.05) is 6.54 Å². The molecule has 2 aromatic rings. The van der Waals surface area contributed by atoms with Crippen molar-refractivity contribution in [2.24, 2.45) is 0 Å². The lowest BCUT2D eigenvalue weighted by Crippen LogP contribution is -2.30. The van der Waals surface area contributed by atoms with Crippen LogP contribution < -0.4 is 5.32 Å². The number of nitrogens with one attached hydrogen (secondary N) is 1. The molecule has 0 aliphatic carbocycles. The molecule has 2 aromatic heterocycles. The molecule has 0 fully saturated rings. The lowest BCUT2D eigenvalue weighted by atomic mass is 10.2. The molecule has 7 nitrogen and oxygen atoms in total. The molecule has 0 spiro atoms. The molecule has 0 aliphatic rings. The molecular weight excluding hydrogens is 236 g/mol. The van der Waals surface area contributed by atoms with E-state index in [0.717, 1.165) is 0 Å². The van der Waals surface area contributed by atoms with Gasteiger partial charge in [0, 0.05) is 24.5 Å². The van der Waals surface area contributed by atoms with E-state index in [4.69, 9.17) is 9.63 Å². The molecule has 0 unspecified atom stereocenters. The predicted molar refractivity (Wildman–Crippen MR) is 61.5 cm³/mol. The number of pyridine rings is 1. The molecule has 2 heterocycles. The third kappa shape index (κ3) is 2.89. The van der Waals surface area contributed by atoms with Crippen molar-refractivity contribution in [2.45, 2.75) is 13.0 Å². The summed E-state index contributed by atoms with van der Waals surface area (Å²) in [6.45, 7) is 1.70. The number of hydrogen-bond donors (Lipinski definition) is 2. The van der Waals surface area contributed by atoms with Crippen LogP contribution >= 0.6 is 0 Å². The molecule has 0 bridgehead atoms. The molecule has 0 aromatic carbocycles. The van der Waals surface area contributed by atoms with Crippen molar-refractivity contribution < 1.29 is 14.4 Å². The largest absolute Gasteiger partial charge is 0.392 e. The number of carbonyl (C=O) groups excluding carboxylic acids is 1. The average molecular weight is 248 g/mol. The van der Waals surface area contributed by atoms with Gasteiger partial charge in [0.1, 0.15) is 0 Å². The van der Waals surface area contributed by atoms with Gasteiger partial charge < -0.3 is 14.9 Å². The van der Waals surface area contributed by atoms with E-state index >= 15 is 0 Å². The van der Waals surface area contributed by atoms with E-state index in [2.05, 4.69) is 20.4 Å². The van der Waals surface area contributed by atoms with Crippen molar-refractivity contribution in [3.05, 3.63) is 30.4 Å². The van der Waals surface area contributed by atoms with Gasteiger partial charge in [-0.25, -0.2) is 0 Å². The lowest BCUT2D eigenvalue weighted by molar-refractivity contribution is 0.0880. The minimum Gasteiger partial charge on any atom is -0.392 e. The topological polar surface area (TPSA) is 101 Å². The second-order valence-corrected chi connectivity index (χ2v) is 3.72. The molecule has 2 N–H and O–H groups in total. The zero-order chi connectivity index (χ0) is 13.0. The van der Waals surface area contributed by atoms with Gasteiger partial charge in [-0.05, 0) is 19.1 Å². The monoisotopic (exact) mass is 248 g/mol. The lowest BCUT2D eigenvalue weighted by Gasteiger charge is -2.03. The van der Waals surface area contributed by atoms with Crippen LogP contribution in [0.15, 0.2) is 29.0 Å². The van der Waals surface area contributed by atoms with E-state index in [-0.39, 0.29) is 12.4 Å². The Labute approximate surface area is 103 Å². The Morgan fingerprint density at radius 2 is 2.22 bits per heavy atom. The quantitative estimate of drug-likeness (QED) is 0.803. The third-order valence-corrected chi connectivity index (χ3v) is 2.12. The van der Waals surface area contributed by atoms with Gasteiger partial charge in [0.2, 0.25) is 5.82 Å². The summed E-state index contributed by atoms with van der Waals surface area (Å²) >= 11 is 0. The van der Waals surface area contributed by atoms with Crippen molar-refractivity contribution in [1.82, 2.24) is 20.4 Å². The van der Waals surface area contributed by atoms with Gasteiger partial charge >= 0.3 is 11.8 Å². The van der Waals surface area contributed by atoms with Gasteiger partial charge in [0.25, 0.3) is 0 Å². The van der Waals surface area contributed by atoms with Gasteiger partial charge in [-0.15, -0.1) is 0 Å². The van der Waals surface area contributed by atoms with Crippen LogP contribution in [0.3, 0.4) is 0 Å². The molecule has 0 saturated carbocycles. The molecule has 0 aliphatic heterocycles. The smallest absolute Gasteiger partial charge is 0.316 e. The maximum absolute atomic E-state index is 11.6. The fourth-order valence-electron chi connectivity index (χ4n) is 1.25. The number of aliphatic hydroxyl groups is 1. The number of amides is 1. The number of aliphatic hydroxyl groups excluding tert-OH is 1. The highest BCUT2D eigenvalue weighted by Crippen LogP contribution is 2.13. The van der Waals surface area contributed by atoms with Crippen LogP contribution in [0.4, 0.5) is 0 Å². The van der Waals surface area contributed by atoms with Gasteiger partial charge in [-0.2, -0.15) is 4.98 Å². The van der Waals surface area contributed by atoms with Crippen LogP contribution in [0.1, 0.15) is 17.6 Å². The van der Waals surface area contributed by atoms with Crippen LogP contribution in [-0.2, 0) is 0 Å². The summed E-state index contributed by atoms with van der Waals surface area (Å²) < 4.78 is 4.84. The molecule has 94 valence electrons. The zero-order valence-corrected chi connectivity index (χ0v) is 9.70. The number of carbonyl (C=O) groups is 1. The van der Waals surface area contributed by atoms with Crippen LogP contribution in [0.25, 0.3) is 11.4 Å². The Morgan fingerprint density at radius 1 is 1.50 bits per heavy atom. The van der Waals surface area contributed by atoms with Crippen molar-refractivity contribution >= 4 is 5.91 Å². The van der Waals surface area contributed by atoms with Crippen LogP contribution in [0.2, 0.25) is 0 Å². The Balaban J connectivity index is 2.09.